The van der Waals surface area contributed by atoms with Crippen LogP contribution in [0.25, 0.3) is 0 Å². The third-order valence-corrected chi connectivity index (χ3v) is 2.76. The molecule has 0 radical (unpaired) electrons. The van der Waals surface area contributed by atoms with Gasteiger partial charge in [-0.3, -0.25) is 4.79 Å². The van der Waals surface area contributed by atoms with E-state index in [9.17, 15) is 4.79 Å². The van der Waals surface area contributed by atoms with Gasteiger partial charge in [0.15, 0.2) is 0 Å². The minimum atomic E-state index is -0.251. The van der Waals surface area contributed by atoms with E-state index in [1.165, 1.54) is 0 Å². The van der Waals surface area contributed by atoms with Crippen LogP contribution < -0.4 is 10.6 Å². The molecule has 0 saturated heterocycles. The van der Waals surface area contributed by atoms with Crippen molar-refractivity contribution in [1.29, 1.82) is 0 Å². The summed E-state index contributed by atoms with van der Waals surface area (Å²) in [6, 6.07) is 10.9. The number of amides is 1. The molecule has 0 aliphatic rings. The first-order chi connectivity index (χ1) is 10.1. The van der Waals surface area contributed by atoms with Crippen molar-refractivity contribution in [3.63, 3.8) is 0 Å². The average molecular weight is 285 g/mol. The molecule has 6 heteroatoms. The molecule has 0 aliphatic carbocycles. The van der Waals surface area contributed by atoms with E-state index in [0.717, 1.165) is 18.8 Å². The summed E-state index contributed by atoms with van der Waals surface area (Å²) in [5, 5.41) is 5.89. The predicted molar refractivity (Wildman–Crippen MR) is 83.5 cm³/mol. The van der Waals surface area contributed by atoms with Crippen molar-refractivity contribution in [2.24, 2.45) is 0 Å². The summed E-state index contributed by atoms with van der Waals surface area (Å²) in [5.74, 6) is 0.205. The minimum absolute atomic E-state index is 0.251. The fourth-order valence-electron chi connectivity index (χ4n) is 1.68. The number of carbonyl (C=O) groups is 1. The summed E-state index contributed by atoms with van der Waals surface area (Å²) >= 11 is 0. The highest BCUT2D eigenvalue weighted by atomic mass is 16.1. The number of carbonyl (C=O) groups excluding carboxylic acids is 1. The molecule has 1 aromatic heterocycles. The van der Waals surface area contributed by atoms with E-state index >= 15 is 0 Å². The van der Waals surface area contributed by atoms with Gasteiger partial charge in [0.2, 0.25) is 5.95 Å². The molecule has 2 N–H and O–H groups in total. The van der Waals surface area contributed by atoms with E-state index in [0.29, 0.717) is 11.6 Å². The van der Waals surface area contributed by atoms with Gasteiger partial charge in [0.25, 0.3) is 5.91 Å². The van der Waals surface area contributed by atoms with Gasteiger partial charge in [0, 0.05) is 25.0 Å². The molecule has 0 fully saturated rings. The lowest BCUT2D eigenvalue weighted by atomic mass is 10.3. The van der Waals surface area contributed by atoms with Crippen molar-refractivity contribution < 1.29 is 4.79 Å². The molecule has 0 saturated carbocycles. The van der Waals surface area contributed by atoms with Gasteiger partial charge in [-0.2, -0.15) is 0 Å². The number of nitrogens with one attached hydrogen (secondary N) is 2. The van der Waals surface area contributed by atoms with E-state index in [4.69, 9.17) is 0 Å². The van der Waals surface area contributed by atoms with Crippen molar-refractivity contribution in [3.05, 3.63) is 48.3 Å². The highest BCUT2D eigenvalue weighted by Gasteiger charge is 2.08. The topological polar surface area (TPSA) is 70.2 Å². The first kappa shape index (κ1) is 14.9. The third-order valence-electron chi connectivity index (χ3n) is 2.76. The lowest BCUT2D eigenvalue weighted by Crippen LogP contribution is -2.22. The standard InChI is InChI=1S/C15H19N5O/c1-20(2)11-10-17-15-16-9-8-13(19-15)14(21)18-12-6-4-3-5-7-12/h3-9H,10-11H2,1-2H3,(H,18,21)(H,16,17,19). The Hall–Kier alpha value is -2.47. The quantitative estimate of drug-likeness (QED) is 0.845. The van der Waals surface area contributed by atoms with Crippen LogP contribution in [0.1, 0.15) is 10.5 Å². The molecule has 21 heavy (non-hydrogen) atoms. The molecular weight excluding hydrogens is 266 g/mol. The normalized spacial score (nSPS) is 10.4. The molecule has 0 spiro atoms. The number of aromatic nitrogens is 2. The first-order valence-electron chi connectivity index (χ1n) is 6.73. The number of hydrogen-bond acceptors (Lipinski definition) is 5. The van der Waals surface area contributed by atoms with E-state index in [1.807, 2.05) is 44.4 Å². The summed E-state index contributed by atoms with van der Waals surface area (Å²) < 4.78 is 0. The zero-order valence-electron chi connectivity index (χ0n) is 12.2. The second-order valence-electron chi connectivity index (χ2n) is 4.82. The predicted octanol–water partition coefficient (Wildman–Crippen LogP) is 1.70. The number of hydrogen-bond donors (Lipinski definition) is 2. The van der Waals surface area contributed by atoms with Gasteiger partial charge in [-0.25, -0.2) is 9.97 Å². The number of likely N-dealkylation sites (N-methyl/N-ethyl adjacent to an activating group) is 1. The van der Waals surface area contributed by atoms with Gasteiger partial charge >= 0.3 is 0 Å². The fraction of sp³-hybridized carbons (Fsp3) is 0.267. The van der Waals surface area contributed by atoms with Gasteiger partial charge in [-0.05, 0) is 32.3 Å². The molecule has 6 nitrogen and oxygen atoms in total. The lowest BCUT2D eigenvalue weighted by molar-refractivity contribution is 0.102. The van der Waals surface area contributed by atoms with Crippen LogP contribution in [0, 0.1) is 0 Å². The summed E-state index contributed by atoms with van der Waals surface area (Å²) in [7, 11) is 3.98. The Bertz CT molecular complexity index is 586. The number of benzene rings is 1. The zero-order valence-corrected chi connectivity index (χ0v) is 12.2. The van der Waals surface area contributed by atoms with Gasteiger partial charge < -0.3 is 15.5 Å². The molecule has 1 aromatic carbocycles. The number of para-hydroxylation sites is 1. The minimum Gasteiger partial charge on any atom is -0.353 e. The molecule has 0 aliphatic heterocycles. The van der Waals surface area contributed by atoms with Crippen LogP contribution in [0.15, 0.2) is 42.6 Å². The van der Waals surface area contributed by atoms with E-state index in [2.05, 4.69) is 25.5 Å². The molecule has 1 heterocycles. The van der Waals surface area contributed by atoms with E-state index in [-0.39, 0.29) is 5.91 Å². The molecule has 2 rings (SSSR count). The largest absolute Gasteiger partial charge is 0.353 e. The zero-order chi connectivity index (χ0) is 15.1. The van der Waals surface area contributed by atoms with Crippen molar-refractivity contribution in [1.82, 2.24) is 14.9 Å². The van der Waals surface area contributed by atoms with Gasteiger partial charge in [0.1, 0.15) is 5.69 Å². The maximum Gasteiger partial charge on any atom is 0.274 e. The molecule has 2 aromatic rings. The summed E-state index contributed by atoms with van der Waals surface area (Å²) in [6.45, 7) is 1.58. The molecular formula is C15H19N5O. The van der Waals surface area contributed by atoms with Crippen molar-refractivity contribution in [3.8, 4) is 0 Å². The van der Waals surface area contributed by atoms with Crippen LogP contribution >= 0.6 is 0 Å². The SMILES string of the molecule is CN(C)CCNc1nccc(C(=O)Nc2ccccc2)n1. The lowest BCUT2D eigenvalue weighted by Gasteiger charge is -2.10. The van der Waals surface area contributed by atoms with Gasteiger partial charge in [-0.1, -0.05) is 18.2 Å². The third kappa shape index (κ3) is 4.85. The van der Waals surface area contributed by atoms with Crippen molar-refractivity contribution in [2.75, 3.05) is 37.8 Å². The van der Waals surface area contributed by atoms with Crippen LogP contribution in [0.4, 0.5) is 11.6 Å². The Morgan fingerprint density at radius 1 is 1.19 bits per heavy atom. The molecule has 0 bridgehead atoms. The molecule has 110 valence electrons. The number of rotatable bonds is 6. The van der Waals surface area contributed by atoms with E-state index < -0.39 is 0 Å². The summed E-state index contributed by atoms with van der Waals surface area (Å²) in [5.41, 5.74) is 1.07. The highest BCUT2D eigenvalue weighted by Crippen LogP contribution is 2.08. The Morgan fingerprint density at radius 3 is 2.67 bits per heavy atom. The van der Waals surface area contributed by atoms with Gasteiger partial charge in [0.05, 0.1) is 0 Å². The fourth-order valence-corrected chi connectivity index (χ4v) is 1.68. The second-order valence-corrected chi connectivity index (χ2v) is 4.82. The smallest absolute Gasteiger partial charge is 0.274 e. The maximum absolute atomic E-state index is 12.1. The van der Waals surface area contributed by atoms with Crippen LogP contribution in [0.3, 0.4) is 0 Å². The highest BCUT2D eigenvalue weighted by molar-refractivity contribution is 6.02. The van der Waals surface area contributed by atoms with Crippen LogP contribution in [0.2, 0.25) is 0 Å². The molecule has 0 unspecified atom stereocenters. The average Bonchev–Trinajstić information content (AvgIpc) is 2.48. The maximum atomic E-state index is 12.1. The van der Waals surface area contributed by atoms with Crippen LogP contribution in [0.5, 0.6) is 0 Å². The number of anilines is 2. The monoisotopic (exact) mass is 285 g/mol. The number of nitrogens with zero attached hydrogens (tertiary/aromatic N) is 3. The Balaban J connectivity index is 1.98. The summed E-state index contributed by atoms with van der Waals surface area (Å²) in [4.78, 5) is 22.5. The van der Waals surface area contributed by atoms with Gasteiger partial charge in [-0.15, -0.1) is 0 Å². The molecule has 0 atom stereocenters. The summed E-state index contributed by atoms with van der Waals surface area (Å²) in [6.07, 6.45) is 1.57. The Morgan fingerprint density at radius 2 is 1.95 bits per heavy atom. The Labute approximate surface area is 124 Å². The van der Waals surface area contributed by atoms with E-state index in [1.54, 1.807) is 12.3 Å². The van der Waals surface area contributed by atoms with Crippen LogP contribution in [-0.4, -0.2) is 48.0 Å². The first-order valence-corrected chi connectivity index (χ1v) is 6.73. The van der Waals surface area contributed by atoms with Crippen LogP contribution in [-0.2, 0) is 0 Å². The van der Waals surface area contributed by atoms with Crippen molar-refractivity contribution >= 4 is 17.5 Å². The van der Waals surface area contributed by atoms with Crippen molar-refractivity contribution in [2.45, 2.75) is 0 Å². The second kappa shape index (κ2) is 7.35. The Kier molecular flexibility index (Phi) is 5.22. The molecule has 1 amide bonds.